The van der Waals surface area contributed by atoms with Crippen LogP contribution in [-0.4, -0.2) is 48.8 Å². The molecule has 1 fully saturated rings. The van der Waals surface area contributed by atoms with Crippen LogP contribution in [0.4, 0.5) is 5.69 Å². The molecule has 0 saturated carbocycles. The van der Waals surface area contributed by atoms with E-state index in [1.165, 1.54) is 0 Å². The van der Waals surface area contributed by atoms with E-state index in [2.05, 4.69) is 0 Å². The largest absolute Gasteiger partial charge is 0.399 e. The molecule has 0 spiro atoms. The van der Waals surface area contributed by atoms with Crippen molar-refractivity contribution >= 4 is 17.5 Å². The molecule has 0 unspecified atom stereocenters. The summed E-state index contributed by atoms with van der Waals surface area (Å²) >= 11 is 0. The number of nitrogens with two attached hydrogens (primary N) is 1. The zero-order valence-electron chi connectivity index (χ0n) is 12.0. The first-order valence-corrected chi connectivity index (χ1v) is 6.85. The Kier molecular flexibility index (Phi) is 4.27. The van der Waals surface area contributed by atoms with Gasteiger partial charge in [-0.15, -0.1) is 0 Å². The topological polar surface area (TPSA) is 66.6 Å². The SMILES string of the molecule is CN(C)C(=O)C1CCN(C(=O)c2cccc(N)c2)CC1. The molecule has 1 aliphatic rings. The Morgan fingerprint density at radius 3 is 2.45 bits per heavy atom. The van der Waals surface area contributed by atoms with Crippen LogP contribution in [0, 0.1) is 5.92 Å². The number of nitrogen functional groups attached to an aromatic ring is 1. The van der Waals surface area contributed by atoms with Crippen molar-refractivity contribution < 1.29 is 9.59 Å². The molecular formula is C15H21N3O2. The van der Waals surface area contributed by atoms with E-state index in [-0.39, 0.29) is 17.7 Å². The first-order valence-electron chi connectivity index (χ1n) is 6.85. The third-order valence-corrected chi connectivity index (χ3v) is 3.71. The third-order valence-electron chi connectivity index (χ3n) is 3.71. The van der Waals surface area contributed by atoms with E-state index in [0.717, 1.165) is 12.8 Å². The molecule has 1 heterocycles. The fourth-order valence-electron chi connectivity index (χ4n) is 2.55. The highest BCUT2D eigenvalue weighted by Gasteiger charge is 2.28. The minimum absolute atomic E-state index is 0.00643. The predicted molar refractivity (Wildman–Crippen MR) is 78.2 cm³/mol. The lowest BCUT2D eigenvalue weighted by Gasteiger charge is -2.32. The van der Waals surface area contributed by atoms with Gasteiger partial charge in [0, 0.05) is 44.4 Å². The monoisotopic (exact) mass is 275 g/mol. The van der Waals surface area contributed by atoms with Gasteiger partial charge in [0.05, 0.1) is 0 Å². The molecule has 108 valence electrons. The Morgan fingerprint density at radius 2 is 1.90 bits per heavy atom. The van der Waals surface area contributed by atoms with Gasteiger partial charge in [0.1, 0.15) is 0 Å². The summed E-state index contributed by atoms with van der Waals surface area (Å²) in [6, 6.07) is 7.01. The summed E-state index contributed by atoms with van der Waals surface area (Å²) in [6.45, 7) is 1.25. The van der Waals surface area contributed by atoms with Gasteiger partial charge in [-0.25, -0.2) is 0 Å². The molecule has 2 rings (SSSR count). The number of rotatable bonds is 2. The van der Waals surface area contributed by atoms with Crippen LogP contribution in [0.2, 0.25) is 0 Å². The lowest BCUT2D eigenvalue weighted by molar-refractivity contribution is -0.134. The van der Waals surface area contributed by atoms with Gasteiger partial charge in [-0.2, -0.15) is 0 Å². The summed E-state index contributed by atoms with van der Waals surface area (Å²) in [5, 5.41) is 0. The third kappa shape index (κ3) is 3.10. The van der Waals surface area contributed by atoms with Crippen molar-refractivity contribution in [2.24, 2.45) is 5.92 Å². The predicted octanol–water partition coefficient (Wildman–Crippen LogP) is 1.21. The van der Waals surface area contributed by atoms with Crippen molar-refractivity contribution in [1.29, 1.82) is 0 Å². The first kappa shape index (κ1) is 14.4. The van der Waals surface area contributed by atoms with E-state index in [1.54, 1.807) is 48.2 Å². The highest BCUT2D eigenvalue weighted by Crippen LogP contribution is 2.21. The average molecular weight is 275 g/mol. The van der Waals surface area contributed by atoms with Crippen LogP contribution >= 0.6 is 0 Å². The van der Waals surface area contributed by atoms with Crippen LogP contribution in [-0.2, 0) is 4.79 Å². The molecule has 0 aliphatic carbocycles. The molecule has 20 heavy (non-hydrogen) atoms. The number of benzene rings is 1. The molecule has 5 nitrogen and oxygen atoms in total. The van der Waals surface area contributed by atoms with Crippen molar-refractivity contribution in [3.63, 3.8) is 0 Å². The van der Waals surface area contributed by atoms with Gasteiger partial charge in [-0.3, -0.25) is 9.59 Å². The van der Waals surface area contributed by atoms with E-state index >= 15 is 0 Å². The number of likely N-dealkylation sites (tertiary alicyclic amines) is 1. The fourth-order valence-corrected chi connectivity index (χ4v) is 2.55. The number of piperidine rings is 1. The summed E-state index contributed by atoms with van der Waals surface area (Å²) in [5.41, 5.74) is 6.90. The Labute approximate surface area is 119 Å². The average Bonchev–Trinajstić information content (AvgIpc) is 2.46. The summed E-state index contributed by atoms with van der Waals surface area (Å²) < 4.78 is 0. The smallest absolute Gasteiger partial charge is 0.253 e. The maximum Gasteiger partial charge on any atom is 0.253 e. The number of anilines is 1. The number of hydrogen-bond donors (Lipinski definition) is 1. The summed E-state index contributed by atoms with van der Waals surface area (Å²) in [5.74, 6) is 0.184. The molecule has 1 saturated heterocycles. The van der Waals surface area contributed by atoms with Gasteiger partial charge in [0.25, 0.3) is 5.91 Å². The van der Waals surface area contributed by atoms with Crippen molar-refractivity contribution in [2.75, 3.05) is 32.9 Å². The summed E-state index contributed by atoms with van der Waals surface area (Å²) in [4.78, 5) is 27.7. The first-order chi connectivity index (χ1) is 9.49. The van der Waals surface area contributed by atoms with Gasteiger partial charge in [0.15, 0.2) is 0 Å². The second-order valence-corrected chi connectivity index (χ2v) is 5.42. The van der Waals surface area contributed by atoms with Gasteiger partial charge < -0.3 is 15.5 Å². The zero-order chi connectivity index (χ0) is 14.7. The van der Waals surface area contributed by atoms with Gasteiger partial charge >= 0.3 is 0 Å². The highest BCUT2D eigenvalue weighted by molar-refractivity contribution is 5.95. The van der Waals surface area contributed by atoms with Crippen LogP contribution in [0.3, 0.4) is 0 Å². The standard InChI is InChI=1S/C15H21N3O2/c1-17(2)14(19)11-6-8-18(9-7-11)15(20)12-4-3-5-13(16)10-12/h3-5,10-11H,6-9,16H2,1-2H3. The molecule has 1 aliphatic heterocycles. The zero-order valence-corrected chi connectivity index (χ0v) is 12.0. The molecule has 0 radical (unpaired) electrons. The van der Waals surface area contributed by atoms with Crippen LogP contribution in [0.15, 0.2) is 24.3 Å². The Bertz CT molecular complexity index is 506. The second kappa shape index (κ2) is 5.94. The van der Waals surface area contributed by atoms with Crippen molar-refractivity contribution in [1.82, 2.24) is 9.80 Å². The van der Waals surface area contributed by atoms with E-state index in [4.69, 9.17) is 5.73 Å². The molecule has 0 bridgehead atoms. The molecule has 0 atom stereocenters. The Morgan fingerprint density at radius 1 is 1.25 bits per heavy atom. The lowest BCUT2D eigenvalue weighted by atomic mass is 9.95. The second-order valence-electron chi connectivity index (χ2n) is 5.42. The number of carbonyl (C=O) groups is 2. The van der Waals surface area contributed by atoms with Gasteiger partial charge in [-0.1, -0.05) is 6.07 Å². The fraction of sp³-hybridized carbons (Fsp3) is 0.467. The summed E-state index contributed by atoms with van der Waals surface area (Å²) in [7, 11) is 3.54. The molecule has 2 amide bonds. The number of amides is 2. The van der Waals surface area contributed by atoms with Crippen molar-refractivity contribution in [3.05, 3.63) is 29.8 Å². The maximum atomic E-state index is 12.3. The van der Waals surface area contributed by atoms with E-state index in [1.807, 2.05) is 0 Å². The van der Waals surface area contributed by atoms with E-state index in [0.29, 0.717) is 24.3 Å². The molecule has 2 N–H and O–H groups in total. The quantitative estimate of drug-likeness (QED) is 0.825. The van der Waals surface area contributed by atoms with E-state index in [9.17, 15) is 9.59 Å². The van der Waals surface area contributed by atoms with Crippen LogP contribution in [0.1, 0.15) is 23.2 Å². The van der Waals surface area contributed by atoms with E-state index < -0.39 is 0 Å². The number of hydrogen-bond acceptors (Lipinski definition) is 3. The van der Waals surface area contributed by atoms with Crippen molar-refractivity contribution in [2.45, 2.75) is 12.8 Å². The molecular weight excluding hydrogens is 254 g/mol. The molecule has 0 aromatic heterocycles. The Balaban J connectivity index is 1.97. The minimum atomic E-state index is -0.00643. The minimum Gasteiger partial charge on any atom is -0.399 e. The molecule has 1 aromatic rings. The van der Waals surface area contributed by atoms with Crippen LogP contribution in [0.5, 0.6) is 0 Å². The van der Waals surface area contributed by atoms with Crippen molar-refractivity contribution in [3.8, 4) is 0 Å². The van der Waals surface area contributed by atoms with Gasteiger partial charge in [-0.05, 0) is 31.0 Å². The normalized spacial score (nSPS) is 16.0. The van der Waals surface area contributed by atoms with Crippen LogP contribution < -0.4 is 5.73 Å². The maximum absolute atomic E-state index is 12.3. The molecule has 5 heteroatoms. The highest BCUT2D eigenvalue weighted by atomic mass is 16.2. The molecule has 1 aromatic carbocycles. The number of carbonyl (C=O) groups excluding carboxylic acids is 2. The summed E-state index contributed by atoms with van der Waals surface area (Å²) in [6.07, 6.45) is 1.45. The number of nitrogens with zero attached hydrogens (tertiary/aromatic N) is 2. The lowest BCUT2D eigenvalue weighted by Crippen LogP contribution is -2.42. The van der Waals surface area contributed by atoms with Gasteiger partial charge in [0.2, 0.25) is 5.91 Å². The Hall–Kier alpha value is -2.04. The van der Waals surface area contributed by atoms with Crippen LogP contribution in [0.25, 0.3) is 0 Å².